The lowest BCUT2D eigenvalue weighted by Crippen LogP contribution is -2.30. The molecule has 0 unspecified atom stereocenters. The van der Waals surface area contributed by atoms with Gasteiger partial charge < -0.3 is 14.4 Å². The minimum atomic E-state index is -0.0529. The molecule has 130 valence electrons. The van der Waals surface area contributed by atoms with E-state index in [0.717, 1.165) is 11.3 Å². The number of amides is 1. The molecule has 25 heavy (non-hydrogen) atoms. The standard InChI is InChI=1S/C20H22N2O3/c1-4-22(5-2)20(23)16-11-18-19(25-13-24-18)12-17(16)21-14(3)15-9-7-6-8-10-15/h6-12H,4-5,13H2,1-3H3. The number of fused-ring (bicyclic) bond motifs is 1. The van der Waals surface area contributed by atoms with Crippen LogP contribution in [0.4, 0.5) is 5.69 Å². The van der Waals surface area contributed by atoms with Crippen molar-refractivity contribution in [3.63, 3.8) is 0 Å². The van der Waals surface area contributed by atoms with Crippen LogP contribution in [0.25, 0.3) is 0 Å². The van der Waals surface area contributed by atoms with Crippen LogP contribution in [0.2, 0.25) is 0 Å². The molecule has 0 fully saturated rings. The van der Waals surface area contributed by atoms with Crippen molar-refractivity contribution in [3.8, 4) is 11.5 Å². The Morgan fingerprint density at radius 3 is 2.36 bits per heavy atom. The van der Waals surface area contributed by atoms with Gasteiger partial charge in [0.25, 0.3) is 5.91 Å². The van der Waals surface area contributed by atoms with Gasteiger partial charge in [0.2, 0.25) is 6.79 Å². The summed E-state index contributed by atoms with van der Waals surface area (Å²) >= 11 is 0. The first kappa shape index (κ1) is 17.0. The van der Waals surface area contributed by atoms with Crippen molar-refractivity contribution < 1.29 is 14.3 Å². The first-order chi connectivity index (χ1) is 12.1. The summed E-state index contributed by atoms with van der Waals surface area (Å²) in [6, 6.07) is 13.4. The van der Waals surface area contributed by atoms with Gasteiger partial charge in [-0.25, -0.2) is 0 Å². The fraction of sp³-hybridized carbons (Fsp3) is 0.300. The molecule has 0 bridgehead atoms. The van der Waals surface area contributed by atoms with Crippen molar-refractivity contribution in [3.05, 3.63) is 53.6 Å². The summed E-state index contributed by atoms with van der Waals surface area (Å²) in [4.78, 5) is 19.4. The van der Waals surface area contributed by atoms with Crippen LogP contribution in [0.5, 0.6) is 11.5 Å². The Kier molecular flexibility index (Phi) is 5.03. The summed E-state index contributed by atoms with van der Waals surface area (Å²) in [6.45, 7) is 7.32. The maximum absolute atomic E-state index is 12.9. The van der Waals surface area contributed by atoms with Gasteiger partial charge in [-0.15, -0.1) is 0 Å². The number of benzene rings is 2. The molecule has 0 radical (unpaired) electrons. The molecule has 0 atom stereocenters. The molecule has 5 nitrogen and oxygen atoms in total. The zero-order valence-corrected chi connectivity index (χ0v) is 14.8. The van der Waals surface area contributed by atoms with Gasteiger partial charge in [0.05, 0.1) is 11.3 Å². The highest BCUT2D eigenvalue weighted by molar-refractivity contribution is 6.04. The van der Waals surface area contributed by atoms with Crippen LogP contribution < -0.4 is 9.47 Å². The topological polar surface area (TPSA) is 51.1 Å². The normalized spacial score (nSPS) is 13.0. The van der Waals surface area contributed by atoms with Gasteiger partial charge in [0.1, 0.15) is 0 Å². The molecule has 0 aliphatic carbocycles. The van der Waals surface area contributed by atoms with E-state index in [9.17, 15) is 4.79 Å². The fourth-order valence-electron chi connectivity index (χ4n) is 2.80. The lowest BCUT2D eigenvalue weighted by molar-refractivity contribution is 0.0773. The fourth-order valence-corrected chi connectivity index (χ4v) is 2.80. The maximum atomic E-state index is 12.9. The van der Waals surface area contributed by atoms with Gasteiger partial charge in [-0.05, 0) is 32.4 Å². The summed E-state index contributed by atoms with van der Waals surface area (Å²) in [5, 5.41) is 0. The molecular formula is C20H22N2O3. The minimum Gasteiger partial charge on any atom is -0.454 e. The minimum absolute atomic E-state index is 0.0529. The molecule has 0 N–H and O–H groups in total. The van der Waals surface area contributed by atoms with Crippen LogP contribution in [0.1, 0.15) is 36.7 Å². The average Bonchev–Trinajstić information content (AvgIpc) is 3.10. The van der Waals surface area contributed by atoms with Crippen molar-refractivity contribution in [2.45, 2.75) is 20.8 Å². The van der Waals surface area contributed by atoms with Crippen LogP contribution >= 0.6 is 0 Å². The Hall–Kier alpha value is -2.82. The highest BCUT2D eigenvalue weighted by Gasteiger charge is 2.23. The Labute approximate surface area is 147 Å². The predicted octanol–water partition coefficient (Wildman–Crippen LogP) is 4.04. The number of aliphatic imine (C=N–C) groups is 1. The number of hydrogen-bond acceptors (Lipinski definition) is 4. The summed E-state index contributed by atoms with van der Waals surface area (Å²) in [7, 11) is 0. The third-order valence-electron chi connectivity index (χ3n) is 4.25. The van der Waals surface area contributed by atoms with Crippen molar-refractivity contribution in [1.82, 2.24) is 4.90 Å². The molecule has 0 saturated heterocycles. The van der Waals surface area contributed by atoms with Gasteiger partial charge in [0.15, 0.2) is 11.5 Å². The van der Waals surface area contributed by atoms with Crippen molar-refractivity contribution >= 4 is 17.3 Å². The smallest absolute Gasteiger partial charge is 0.256 e. The van der Waals surface area contributed by atoms with E-state index in [1.54, 1.807) is 17.0 Å². The van der Waals surface area contributed by atoms with E-state index in [2.05, 4.69) is 0 Å². The lowest BCUT2D eigenvalue weighted by Gasteiger charge is -2.20. The Bertz CT molecular complexity index is 796. The van der Waals surface area contributed by atoms with Crippen molar-refractivity contribution in [1.29, 1.82) is 0 Å². The van der Waals surface area contributed by atoms with Crippen LogP contribution in [0.15, 0.2) is 47.5 Å². The molecule has 1 heterocycles. The van der Waals surface area contributed by atoms with E-state index in [1.165, 1.54) is 0 Å². The second-order valence-electron chi connectivity index (χ2n) is 5.76. The largest absolute Gasteiger partial charge is 0.454 e. The van der Waals surface area contributed by atoms with E-state index in [1.807, 2.05) is 51.1 Å². The number of nitrogens with zero attached hydrogens (tertiary/aromatic N) is 2. The number of carbonyl (C=O) groups excluding carboxylic acids is 1. The number of rotatable bonds is 5. The number of ether oxygens (including phenoxy) is 2. The first-order valence-corrected chi connectivity index (χ1v) is 8.47. The quantitative estimate of drug-likeness (QED) is 0.773. The van der Waals surface area contributed by atoms with E-state index in [4.69, 9.17) is 14.5 Å². The van der Waals surface area contributed by atoms with Crippen LogP contribution in [-0.4, -0.2) is 36.4 Å². The molecule has 1 amide bonds. The molecule has 3 rings (SSSR count). The van der Waals surface area contributed by atoms with Gasteiger partial charge in [-0.2, -0.15) is 0 Å². The second-order valence-corrected chi connectivity index (χ2v) is 5.76. The summed E-state index contributed by atoms with van der Waals surface area (Å²) in [6.07, 6.45) is 0. The first-order valence-electron chi connectivity index (χ1n) is 8.47. The summed E-state index contributed by atoms with van der Waals surface area (Å²) < 4.78 is 10.9. The lowest BCUT2D eigenvalue weighted by atomic mass is 10.1. The van der Waals surface area contributed by atoms with Crippen LogP contribution in [0, 0.1) is 0 Å². The van der Waals surface area contributed by atoms with E-state index in [-0.39, 0.29) is 12.7 Å². The van der Waals surface area contributed by atoms with Crippen molar-refractivity contribution in [2.75, 3.05) is 19.9 Å². The molecule has 0 spiro atoms. The van der Waals surface area contributed by atoms with Crippen LogP contribution in [-0.2, 0) is 0 Å². The number of hydrogen-bond donors (Lipinski definition) is 0. The maximum Gasteiger partial charge on any atom is 0.256 e. The SMILES string of the molecule is CCN(CC)C(=O)c1cc2c(cc1N=C(C)c1ccccc1)OCO2. The molecule has 2 aromatic carbocycles. The molecule has 0 saturated carbocycles. The Balaban J connectivity index is 2.07. The third kappa shape index (κ3) is 3.50. The highest BCUT2D eigenvalue weighted by Crippen LogP contribution is 2.39. The number of carbonyl (C=O) groups is 1. The molecule has 5 heteroatoms. The Morgan fingerprint density at radius 1 is 1.08 bits per heavy atom. The third-order valence-corrected chi connectivity index (χ3v) is 4.25. The molecule has 1 aliphatic rings. The molecule has 1 aliphatic heterocycles. The average molecular weight is 338 g/mol. The Morgan fingerprint density at radius 2 is 1.72 bits per heavy atom. The van der Waals surface area contributed by atoms with E-state index >= 15 is 0 Å². The van der Waals surface area contributed by atoms with Gasteiger partial charge in [-0.3, -0.25) is 9.79 Å². The van der Waals surface area contributed by atoms with Gasteiger partial charge in [-0.1, -0.05) is 30.3 Å². The van der Waals surface area contributed by atoms with Crippen molar-refractivity contribution in [2.24, 2.45) is 4.99 Å². The van der Waals surface area contributed by atoms with Gasteiger partial charge >= 0.3 is 0 Å². The van der Waals surface area contributed by atoms with Gasteiger partial charge in [0, 0.05) is 24.9 Å². The zero-order valence-electron chi connectivity index (χ0n) is 14.8. The van der Waals surface area contributed by atoms with Crippen LogP contribution in [0.3, 0.4) is 0 Å². The summed E-state index contributed by atoms with van der Waals surface area (Å²) in [5.41, 5.74) is 2.99. The summed E-state index contributed by atoms with van der Waals surface area (Å²) in [5.74, 6) is 1.16. The zero-order chi connectivity index (χ0) is 17.8. The molecular weight excluding hydrogens is 316 g/mol. The highest BCUT2D eigenvalue weighted by atomic mass is 16.7. The molecule has 2 aromatic rings. The van der Waals surface area contributed by atoms with E-state index < -0.39 is 0 Å². The monoisotopic (exact) mass is 338 g/mol. The second kappa shape index (κ2) is 7.38. The van der Waals surface area contributed by atoms with E-state index in [0.29, 0.717) is 35.8 Å². The molecule has 0 aromatic heterocycles. The predicted molar refractivity (Wildman–Crippen MR) is 98.1 cm³/mol.